The predicted molar refractivity (Wildman–Crippen MR) is 113 cm³/mol. The Morgan fingerprint density at radius 2 is 1.79 bits per heavy atom. The highest BCUT2D eigenvalue weighted by Gasteiger charge is 2.09. The van der Waals surface area contributed by atoms with Crippen molar-refractivity contribution in [3.63, 3.8) is 0 Å². The lowest BCUT2D eigenvalue weighted by atomic mass is 10.2. The minimum Gasteiger partial charge on any atom is -0.489 e. The van der Waals surface area contributed by atoms with Gasteiger partial charge >= 0.3 is 5.97 Å². The van der Waals surface area contributed by atoms with E-state index in [-0.39, 0.29) is 10.6 Å². The van der Waals surface area contributed by atoms with Crippen LogP contribution >= 0.6 is 34.8 Å². The van der Waals surface area contributed by atoms with Crippen LogP contribution in [0.1, 0.15) is 21.5 Å². The van der Waals surface area contributed by atoms with E-state index in [2.05, 4.69) is 5.32 Å². The summed E-state index contributed by atoms with van der Waals surface area (Å²) < 4.78 is 5.82. The monoisotopic (exact) mass is 435 g/mol. The van der Waals surface area contributed by atoms with Gasteiger partial charge in [-0.05, 0) is 48.0 Å². The SMILES string of the molecule is O=C(O)c1ccc(NCc2cccc(OCc3ccc(Cl)cc3Cl)c2)cc1Cl. The number of nitrogens with one attached hydrogen (secondary N) is 1. The van der Waals surface area contributed by atoms with Gasteiger partial charge in [-0.1, -0.05) is 53.0 Å². The highest BCUT2D eigenvalue weighted by atomic mass is 35.5. The summed E-state index contributed by atoms with van der Waals surface area (Å²) >= 11 is 18.1. The van der Waals surface area contributed by atoms with Gasteiger partial charge in [-0.2, -0.15) is 0 Å². The van der Waals surface area contributed by atoms with Crippen molar-refractivity contribution in [2.75, 3.05) is 5.32 Å². The molecule has 0 unspecified atom stereocenters. The average molecular weight is 437 g/mol. The van der Waals surface area contributed by atoms with E-state index in [4.69, 9.17) is 44.6 Å². The molecule has 0 spiro atoms. The third-order valence-corrected chi connectivity index (χ3v) is 4.90. The van der Waals surface area contributed by atoms with Gasteiger partial charge < -0.3 is 15.2 Å². The number of carboxylic acids is 1. The lowest BCUT2D eigenvalue weighted by Crippen LogP contribution is -2.02. The molecule has 144 valence electrons. The fourth-order valence-electron chi connectivity index (χ4n) is 2.55. The number of aromatic carboxylic acids is 1. The Hall–Kier alpha value is -2.40. The van der Waals surface area contributed by atoms with E-state index in [1.54, 1.807) is 24.3 Å². The van der Waals surface area contributed by atoms with Crippen LogP contribution in [0.4, 0.5) is 5.69 Å². The minimum absolute atomic E-state index is 0.0727. The summed E-state index contributed by atoms with van der Waals surface area (Å²) in [4.78, 5) is 11.0. The van der Waals surface area contributed by atoms with Crippen molar-refractivity contribution in [2.24, 2.45) is 0 Å². The van der Waals surface area contributed by atoms with Crippen molar-refractivity contribution in [3.05, 3.63) is 92.4 Å². The van der Waals surface area contributed by atoms with Crippen LogP contribution in [-0.2, 0) is 13.2 Å². The minimum atomic E-state index is -1.05. The van der Waals surface area contributed by atoms with E-state index < -0.39 is 5.97 Å². The third kappa shape index (κ3) is 5.32. The number of hydrogen-bond acceptors (Lipinski definition) is 3. The highest BCUT2D eigenvalue weighted by molar-refractivity contribution is 6.35. The second-order valence-electron chi connectivity index (χ2n) is 6.03. The molecule has 3 aromatic carbocycles. The van der Waals surface area contributed by atoms with Gasteiger partial charge in [0.05, 0.1) is 10.6 Å². The standard InChI is InChI=1S/C21H16Cl3NO3/c22-15-5-4-14(19(23)9-15)12-28-17-3-1-2-13(8-17)11-25-16-6-7-18(21(26)27)20(24)10-16/h1-10,25H,11-12H2,(H,26,27). The highest BCUT2D eigenvalue weighted by Crippen LogP contribution is 2.24. The van der Waals surface area contributed by atoms with Gasteiger partial charge in [0.1, 0.15) is 12.4 Å². The molecule has 4 nitrogen and oxygen atoms in total. The first-order valence-corrected chi connectivity index (χ1v) is 9.48. The van der Waals surface area contributed by atoms with Crippen LogP contribution in [0.25, 0.3) is 0 Å². The maximum Gasteiger partial charge on any atom is 0.337 e. The number of halogens is 3. The predicted octanol–water partition coefficient (Wildman–Crippen LogP) is 6.54. The first-order chi connectivity index (χ1) is 13.4. The van der Waals surface area contributed by atoms with Crippen LogP contribution < -0.4 is 10.1 Å². The molecule has 2 N–H and O–H groups in total. The van der Waals surface area contributed by atoms with Crippen molar-refractivity contribution >= 4 is 46.5 Å². The van der Waals surface area contributed by atoms with Gasteiger partial charge in [-0.3, -0.25) is 0 Å². The van der Waals surface area contributed by atoms with Gasteiger partial charge in [0.25, 0.3) is 0 Å². The molecule has 0 bridgehead atoms. The smallest absolute Gasteiger partial charge is 0.337 e. The Kier molecular flexibility index (Phi) is 6.68. The zero-order valence-corrected chi connectivity index (χ0v) is 16.9. The number of carbonyl (C=O) groups is 1. The Labute approximate surface area is 177 Å². The first kappa shape index (κ1) is 20.3. The Bertz CT molecular complexity index is 1010. The van der Waals surface area contributed by atoms with Crippen molar-refractivity contribution in [3.8, 4) is 5.75 Å². The second-order valence-corrected chi connectivity index (χ2v) is 7.28. The summed E-state index contributed by atoms with van der Waals surface area (Å²) in [5.41, 5.74) is 2.65. The van der Waals surface area contributed by atoms with Crippen LogP contribution in [0.2, 0.25) is 15.1 Å². The molecule has 0 fully saturated rings. The van der Waals surface area contributed by atoms with E-state index in [1.807, 2.05) is 30.3 Å². The first-order valence-electron chi connectivity index (χ1n) is 8.35. The maximum absolute atomic E-state index is 11.0. The van der Waals surface area contributed by atoms with Gasteiger partial charge in [0.15, 0.2) is 0 Å². The molecule has 0 aromatic heterocycles. The number of anilines is 1. The Morgan fingerprint density at radius 3 is 2.50 bits per heavy atom. The molecule has 0 aliphatic heterocycles. The summed E-state index contributed by atoms with van der Waals surface area (Å²) in [5.74, 6) is -0.341. The van der Waals surface area contributed by atoms with Crippen LogP contribution in [-0.4, -0.2) is 11.1 Å². The summed E-state index contributed by atoms with van der Waals surface area (Å²) in [5, 5.41) is 13.6. The maximum atomic E-state index is 11.0. The molecule has 7 heteroatoms. The fraction of sp³-hybridized carbons (Fsp3) is 0.0952. The third-order valence-electron chi connectivity index (χ3n) is 4.00. The topological polar surface area (TPSA) is 58.6 Å². The quantitative estimate of drug-likeness (QED) is 0.442. The number of carboxylic acid groups (broad SMARTS) is 1. The van der Waals surface area contributed by atoms with Crippen LogP contribution in [0.5, 0.6) is 5.75 Å². The lowest BCUT2D eigenvalue weighted by Gasteiger charge is -2.11. The molecule has 0 radical (unpaired) electrons. The lowest BCUT2D eigenvalue weighted by molar-refractivity contribution is 0.0697. The van der Waals surface area contributed by atoms with E-state index in [0.29, 0.717) is 28.9 Å². The molecular weight excluding hydrogens is 421 g/mol. The summed E-state index contributed by atoms with van der Waals surface area (Å²) in [6, 6.07) is 17.7. The molecular formula is C21H16Cl3NO3. The summed E-state index contributed by atoms with van der Waals surface area (Å²) in [7, 11) is 0. The number of hydrogen-bond donors (Lipinski definition) is 2. The van der Waals surface area contributed by atoms with Gasteiger partial charge in [0, 0.05) is 27.8 Å². The zero-order valence-electron chi connectivity index (χ0n) is 14.6. The molecule has 3 rings (SSSR count). The molecule has 0 amide bonds. The number of benzene rings is 3. The van der Waals surface area contributed by atoms with Crippen molar-refractivity contribution < 1.29 is 14.6 Å². The second kappa shape index (κ2) is 9.20. The van der Waals surface area contributed by atoms with E-state index in [9.17, 15) is 4.79 Å². The van der Waals surface area contributed by atoms with E-state index >= 15 is 0 Å². The largest absolute Gasteiger partial charge is 0.489 e. The van der Waals surface area contributed by atoms with E-state index in [1.165, 1.54) is 6.07 Å². The van der Waals surface area contributed by atoms with Crippen molar-refractivity contribution in [2.45, 2.75) is 13.2 Å². The molecule has 0 aliphatic carbocycles. The molecule has 0 saturated carbocycles. The van der Waals surface area contributed by atoms with E-state index in [0.717, 1.165) is 16.8 Å². The van der Waals surface area contributed by atoms with Gasteiger partial charge in [-0.25, -0.2) is 4.79 Å². The fourth-order valence-corrected chi connectivity index (χ4v) is 3.27. The zero-order chi connectivity index (χ0) is 20.1. The van der Waals surface area contributed by atoms with Crippen LogP contribution in [0.3, 0.4) is 0 Å². The van der Waals surface area contributed by atoms with Crippen molar-refractivity contribution in [1.29, 1.82) is 0 Å². The molecule has 0 aliphatic rings. The molecule has 0 saturated heterocycles. The average Bonchev–Trinajstić information content (AvgIpc) is 2.66. The molecule has 28 heavy (non-hydrogen) atoms. The Morgan fingerprint density at radius 1 is 0.964 bits per heavy atom. The molecule has 0 atom stereocenters. The van der Waals surface area contributed by atoms with Gasteiger partial charge in [0.2, 0.25) is 0 Å². The molecule has 0 heterocycles. The summed E-state index contributed by atoms with van der Waals surface area (Å²) in [6.45, 7) is 0.862. The van der Waals surface area contributed by atoms with Crippen molar-refractivity contribution in [1.82, 2.24) is 0 Å². The van der Waals surface area contributed by atoms with Crippen LogP contribution in [0, 0.1) is 0 Å². The Balaban J connectivity index is 1.62. The molecule has 3 aromatic rings. The summed E-state index contributed by atoms with van der Waals surface area (Å²) in [6.07, 6.45) is 0. The van der Waals surface area contributed by atoms with Gasteiger partial charge in [-0.15, -0.1) is 0 Å². The van der Waals surface area contributed by atoms with Crippen LogP contribution in [0.15, 0.2) is 60.7 Å². The number of rotatable bonds is 7. The normalized spacial score (nSPS) is 10.5. The number of ether oxygens (including phenoxy) is 1.